The molecule has 1 aliphatic rings. The molecule has 5 nitrogen and oxygen atoms in total. The number of imidazole rings is 1. The first kappa shape index (κ1) is 16.1. The van der Waals surface area contributed by atoms with Gasteiger partial charge in [-0.05, 0) is 19.8 Å². The van der Waals surface area contributed by atoms with E-state index in [1.807, 2.05) is 6.92 Å². The van der Waals surface area contributed by atoms with Crippen molar-refractivity contribution in [3.05, 3.63) is 11.4 Å². The maximum atomic E-state index is 11.6. The van der Waals surface area contributed by atoms with Crippen LogP contribution in [0.25, 0.3) is 0 Å². The summed E-state index contributed by atoms with van der Waals surface area (Å²) in [5.74, 6) is 1.17. The summed E-state index contributed by atoms with van der Waals surface area (Å²) >= 11 is 1.62. The zero-order valence-electron chi connectivity index (χ0n) is 13.2. The van der Waals surface area contributed by atoms with Crippen molar-refractivity contribution in [2.45, 2.75) is 52.2 Å². The molecule has 2 heterocycles. The molecule has 1 aromatic rings. The lowest BCUT2D eigenvalue weighted by Crippen LogP contribution is -2.31. The Morgan fingerprint density at radius 2 is 1.81 bits per heavy atom. The lowest BCUT2D eigenvalue weighted by molar-refractivity contribution is -0.137. The number of hydrogen-bond donors (Lipinski definition) is 0. The van der Waals surface area contributed by atoms with Gasteiger partial charge in [0.15, 0.2) is 5.16 Å². The highest BCUT2D eigenvalue weighted by molar-refractivity contribution is 7.99. The molecule has 1 aromatic heterocycles. The van der Waals surface area contributed by atoms with Crippen LogP contribution in [0.5, 0.6) is 0 Å². The van der Waals surface area contributed by atoms with Gasteiger partial charge in [0, 0.05) is 37.4 Å². The molecule has 0 aliphatic carbocycles. The Hall–Kier alpha value is -1.30. The van der Waals surface area contributed by atoms with E-state index in [4.69, 9.17) is 0 Å². The monoisotopic (exact) mass is 309 g/mol. The summed E-state index contributed by atoms with van der Waals surface area (Å²) in [5.41, 5.74) is 2.24. The first-order chi connectivity index (χ1) is 9.90. The van der Waals surface area contributed by atoms with Crippen molar-refractivity contribution in [1.29, 1.82) is 0 Å². The third kappa shape index (κ3) is 3.67. The third-order valence-electron chi connectivity index (χ3n) is 3.67. The molecule has 6 heteroatoms. The van der Waals surface area contributed by atoms with Crippen molar-refractivity contribution in [2.75, 3.05) is 12.3 Å². The van der Waals surface area contributed by atoms with E-state index in [9.17, 15) is 9.59 Å². The Bertz CT molecular complexity index is 535. The van der Waals surface area contributed by atoms with Crippen LogP contribution >= 0.6 is 11.8 Å². The van der Waals surface area contributed by atoms with Crippen molar-refractivity contribution < 1.29 is 9.59 Å². The minimum absolute atomic E-state index is 0.0431. The summed E-state index contributed by atoms with van der Waals surface area (Å²) in [6.45, 7) is 9.90. The number of likely N-dealkylation sites (tertiary alicyclic amines) is 1. The minimum atomic E-state index is -0.0431. The second-order valence-corrected chi connectivity index (χ2v) is 6.92. The van der Waals surface area contributed by atoms with E-state index in [2.05, 4.69) is 30.3 Å². The quantitative estimate of drug-likeness (QED) is 0.598. The molecular weight excluding hydrogens is 286 g/mol. The van der Waals surface area contributed by atoms with Crippen LogP contribution < -0.4 is 0 Å². The molecule has 0 aromatic carbocycles. The molecular formula is C15H23N3O2S. The summed E-state index contributed by atoms with van der Waals surface area (Å²) in [7, 11) is 0. The fourth-order valence-corrected chi connectivity index (χ4v) is 3.44. The highest BCUT2D eigenvalue weighted by atomic mass is 32.2. The fraction of sp³-hybridized carbons (Fsp3) is 0.667. The van der Waals surface area contributed by atoms with E-state index in [1.165, 1.54) is 10.6 Å². The highest BCUT2D eigenvalue weighted by Crippen LogP contribution is 2.23. The van der Waals surface area contributed by atoms with E-state index in [0.29, 0.717) is 31.1 Å². The molecule has 1 saturated heterocycles. The molecule has 0 atom stereocenters. The number of carbonyl (C=O) groups excluding carboxylic acids is 2. The molecule has 0 N–H and O–H groups in total. The Morgan fingerprint density at radius 1 is 1.19 bits per heavy atom. The fourth-order valence-electron chi connectivity index (χ4n) is 2.41. The predicted octanol–water partition coefficient (Wildman–Crippen LogP) is 2.40. The zero-order chi connectivity index (χ0) is 15.6. The minimum Gasteiger partial charge on any atom is -0.323 e. The molecule has 1 fully saturated rings. The van der Waals surface area contributed by atoms with Crippen molar-refractivity contribution in [2.24, 2.45) is 5.92 Å². The molecule has 2 amide bonds. The molecule has 21 heavy (non-hydrogen) atoms. The maximum absolute atomic E-state index is 11.6. The van der Waals surface area contributed by atoms with Crippen LogP contribution in [0.2, 0.25) is 0 Å². The van der Waals surface area contributed by atoms with Gasteiger partial charge < -0.3 is 4.57 Å². The molecule has 0 unspecified atom stereocenters. The normalized spacial score (nSPS) is 15.6. The number of imide groups is 1. The van der Waals surface area contributed by atoms with Crippen LogP contribution in [0, 0.1) is 19.8 Å². The molecule has 116 valence electrons. The van der Waals surface area contributed by atoms with Crippen molar-refractivity contribution in [1.82, 2.24) is 14.5 Å². The summed E-state index contributed by atoms with van der Waals surface area (Å²) in [6, 6.07) is 0. The number of aromatic nitrogens is 2. The van der Waals surface area contributed by atoms with Gasteiger partial charge in [-0.25, -0.2) is 4.98 Å². The highest BCUT2D eigenvalue weighted by Gasteiger charge is 2.28. The Morgan fingerprint density at radius 3 is 2.38 bits per heavy atom. The van der Waals surface area contributed by atoms with E-state index in [1.54, 1.807) is 11.8 Å². The average Bonchev–Trinajstić information content (AvgIpc) is 2.86. The second kappa shape index (κ2) is 6.64. The topological polar surface area (TPSA) is 55.2 Å². The summed E-state index contributed by atoms with van der Waals surface area (Å²) in [4.78, 5) is 29.1. The molecule has 0 bridgehead atoms. The molecule has 2 rings (SSSR count). The van der Waals surface area contributed by atoms with Crippen molar-refractivity contribution in [3.63, 3.8) is 0 Å². The number of hydrogen-bond acceptors (Lipinski definition) is 4. The zero-order valence-corrected chi connectivity index (χ0v) is 14.0. The Kier molecular flexibility index (Phi) is 5.08. The summed E-state index contributed by atoms with van der Waals surface area (Å²) in [5, 5.41) is 0.984. The second-order valence-electron chi connectivity index (χ2n) is 5.86. The van der Waals surface area contributed by atoms with Gasteiger partial charge in [-0.2, -0.15) is 0 Å². The smallest absolute Gasteiger partial charge is 0.229 e. The Labute approximate surface area is 130 Å². The maximum Gasteiger partial charge on any atom is 0.229 e. The van der Waals surface area contributed by atoms with Crippen LogP contribution in [0.15, 0.2) is 5.16 Å². The summed E-state index contributed by atoms with van der Waals surface area (Å²) in [6.07, 6.45) is 0.730. The van der Waals surface area contributed by atoms with Crippen LogP contribution in [0.1, 0.15) is 38.1 Å². The van der Waals surface area contributed by atoms with Crippen molar-refractivity contribution in [3.8, 4) is 0 Å². The number of aryl methyl sites for hydroxylation is 1. The molecule has 0 saturated carbocycles. The standard InChI is InChI=1S/C15H23N3O2S/c1-10(2)9-18-12(4)11(3)16-15(18)21-8-7-17-13(19)5-6-14(17)20/h10H,5-9H2,1-4H3. The first-order valence-electron chi connectivity index (χ1n) is 7.40. The Balaban J connectivity index is 1.98. The van der Waals surface area contributed by atoms with Gasteiger partial charge in [-0.15, -0.1) is 0 Å². The van der Waals surface area contributed by atoms with Gasteiger partial charge in [-0.1, -0.05) is 25.6 Å². The van der Waals surface area contributed by atoms with Crippen LogP contribution in [-0.2, 0) is 16.1 Å². The molecule has 0 spiro atoms. The van der Waals surface area contributed by atoms with Gasteiger partial charge in [-0.3, -0.25) is 14.5 Å². The van der Waals surface area contributed by atoms with Gasteiger partial charge in [0.25, 0.3) is 0 Å². The van der Waals surface area contributed by atoms with Gasteiger partial charge in [0.05, 0.1) is 5.69 Å². The number of amides is 2. The number of nitrogens with zero attached hydrogens (tertiary/aromatic N) is 3. The van der Waals surface area contributed by atoms with E-state index < -0.39 is 0 Å². The van der Waals surface area contributed by atoms with Gasteiger partial charge >= 0.3 is 0 Å². The van der Waals surface area contributed by atoms with Gasteiger partial charge in [0.2, 0.25) is 11.8 Å². The predicted molar refractivity (Wildman–Crippen MR) is 83.2 cm³/mol. The first-order valence-corrected chi connectivity index (χ1v) is 8.38. The van der Waals surface area contributed by atoms with E-state index in [-0.39, 0.29) is 11.8 Å². The lowest BCUT2D eigenvalue weighted by Gasteiger charge is -2.15. The van der Waals surface area contributed by atoms with E-state index >= 15 is 0 Å². The number of rotatable bonds is 6. The summed E-state index contributed by atoms with van der Waals surface area (Å²) < 4.78 is 2.23. The molecule has 1 aliphatic heterocycles. The number of carbonyl (C=O) groups is 2. The SMILES string of the molecule is Cc1nc(SCCN2C(=O)CCC2=O)n(CC(C)C)c1C. The third-order valence-corrected chi connectivity index (χ3v) is 4.63. The molecule has 0 radical (unpaired) electrons. The van der Waals surface area contributed by atoms with Gasteiger partial charge in [0.1, 0.15) is 0 Å². The average molecular weight is 309 g/mol. The number of thioether (sulfide) groups is 1. The largest absolute Gasteiger partial charge is 0.323 e. The lowest BCUT2D eigenvalue weighted by atomic mass is 10.2. The van der Waals surface area contributed by atoms with Crippen molar-refractivity contribution >= 4 is 23.6 Å². The van der Waals surface area contributed by atoms with Crippen LogP contribution in [0.4, 0.5) is 0 Å². The van der Waals surface area contributed by atoms with E-state index in [0.717, 1.165) is 17.4 Å². The van der Waals surface area contributed by atoms with Crippen LogP contribution in [-0.4, -0.2) is 38.6 Å². The van der Waals surface area contributed by atoms with Crippen LogP contribution in [0.3, 0.4) is 0 Å².